The van der Waals surface area contributed by atoms with Crippen LogP contribution in [0.1, 0.15) is 23.4 Å². The number of nitrogens with zero attached hydrogens (tertiary/aromatic N) is 3. The van der Waals surface area contributed by atoms with Crippen LogP contribution in [0.5, 0.6) is 0 Å². The van der Waals surface area contributed by atoms with Crippen molar-refractivity contribution in [1.82, 2.24) is 4.98 Å². The minimum absolute atomic E-state index is 0.0385. The number of halogens is 3. The van der Waals surface area contributed by atoms with Crippen LogP contribution in [0.15, 0.2) is 6.07 Å². The molecule has 0 saturated carbocycles. The fourth-order valence-electron chi connectivity index (χ4n) is 1.00. The van der Waals surface area contributed by atoms with Crippen LogP contribution in [0.25, 0.3) is 0 Å². The molecule has 0 aliphatic rings. The van der Waals surface area contributed by atoms with E-state index >= 15 is 0 Å². The molecule has 1 heterocycles. The second-order valence-corrected chi connectivity index (χ2v) is 2.99. The number of nitriles is 2. The lowest BCUT2D eigenvalue weighted by Crippen LogP contribution is -1.98. The predicted octanol–water partition coefficient (Wildman–Crippen LogP) is 2.61. The minimum Gasteiger partial charge on any atom is -0.235 e. The average Bonchev–Trinajstić information content (AvgIpc) is 2.21. The summed E-state index contributed by atoms with van der Waals surface area (Å²) in [6, 6.07) is 4.42. The number of hydrogen-bond donors (Lipinski definition) is 0. The van der Waals surface area contributed by atoms with Crippen molar-refractivity contribution in [2.75, 3.05) is 0 Å². The quantitative estimate of drug-likeness (QED) is 0.780. The normalized spacial score (nSPS) is 9.73. The van der Waals surface area contributed by atoms with Crippen molar-refractivity contribution in [2.24, 2.45) is 0 Å². The van der Waals surface area contributed by atoms with Gasteiger partial charge in [0.25, 0.3) is 6.43 Å². The van der Waals surface area contributed by atoms with Crippen LogP contribution < -0.4 is 0 Å². The molecule has 0 saturated heterocycles. The summed E-state index contributed by atoms with van der Waals surface area (Å²) < 4.78 is 24.7. The summed E-state index contributed by atoms with van der Waals surface area (Å²) in [4.78, 5) is 3.38. The zero-order chi connectivity index (χ0) is 11.4. The maximum Gasteiger partial charge on any atom is 0.280 e. The highest BCUT2D eigenvalue weighted by atomic mass is 35.5. The molecule has 0 aromatic carbocycles. The molecular formula is C9H4ClF2N3. The van der Waals surface area contributed by atoms with E-state index < -0.39 is 12.1 Å². The highest BCUT2D eigenvalue weighted by molar-refractivity contribution is 6.32. The van der Waals surface area contributed by atoms with Crippen LogP contribution in [-0.2, 0) is 6.42 Å². The molecule has 1 rings (SSSR count). The van der Waals surface area contributed by atoms with E-state index in [0.29, 0.717) is 0 Å². The summed E-state index contributed by atoms with van der Waals surface area (Å²) in [7, 11) is 0. The Kier molecular flexibility index (Phi) is 3.54. The van der Waals surface area contributed by atoms with Gasteiger partial charge in [0.1, 0.15) is 11.8 Å². The molecule has 76 valence electrons. The lowest BCUT2D eigenvalue weighted by atomic mass is 10.1. The van der Waals surface area contributed by atoms with Gasteiger partial charge in [0, 0.05) is 0 Å². The van der Waals surface area contributed by atoms with Gasteiger partial charge in [-0.25, -0.2) is 13.8 Å². The van der Waals surface area contributed by atoms with E-state index in [-0.39, 0.29) is 22.7 Å². The van der Waals surface area contributed by atoms with Gasteiger partial charge < -0.3 is 0 Å². The van der Waals surface area contributed by atoms with Gasteiger partial charge >= 0.3 is 0 Å². The fourth-order valence-corrected chi connectivity index (χ4v) is 1.21. The summed E-state index contributed by atoms with van der Waals surface area (Å²) in [5, 5.41) is 17.0. The highest BCUT2D eigenvalue weighted by Crippen LogP contribution is 2.25. The third-order valence-electron chi connectivity index (χ3n) is 1.65. The lowest BCUT2D eigenvalue weighted by molar-refractivity contribution is 0.146. The Morgan fingerprint density at radius 3 is 2.60 bits per heavy atom. The lowest BCUT2D eigenvalue weighted by Gasteiger charge is -2.05. The Labute approximate surface area is 89.5 Å². The third-order valence-corrected chi connectivity index (χ3v) is 2.07. The zero-order valence-corrected chi connectivity index (χ0v) is 8.09. The SMILES string of the molecule is N#CCc1cc(C(F)F)nc(C#N)c1Cl. The average molecular weight is 228 g/mol. The first-order valence-corrected chi connectivity index (χ1v) is 4.22. The Balaban J connectivity index is 3.34. The van der Waals surface area contributed by atoms with E-state index in [0.717, 1.165) is 6.07 Å². The largest absolute Gasteiger partial charge is 0.280 e. The predicted molar refractivity (Wildman–Crippen MR) is 48.2 cm³/mol. The summed E-state index contributed by atoms with van der Waals surface area (Å²) in [6.07, 6.45) is -2.91. The number of alkyl halides is 2. The molecule has 0 atom stereocenters. The van der Waals surface area contributed by atoms with Crippen LogP contribution in [0.3, 0.4) is 0 Å². The smallest absolute Gasteiger partial charge is 0.235 e. The van der Waals surface area contributed by atoms with Crippen molar-refractivity contribution < 1.29 is 8.78 Å². The summed E-state index contributed by atoms with van der Waals surface area (Å²) in [5.41, 5.74) is -0.623. The molecule has 0 N–H and O–H groups in total. The van der Waals surface area contributed by atoms with E-state index in [1.807, 2.05) is 0 Å². The van der Waals surface area contributed by atoms with Gasteiger partial charge in [0.2, 0.25) is 0 Å². The van der Waals surface area contributed by atoms with Crippen LogP contribution in [0.2, 0.25) is 5.02 Å². The van der Waals surface area contributed by atoms with Crippen molar-refractivity contribution in [3.63, 3.8) is 0 Å². The molecule has 0 bridgehead atoms. The van der Waals surface area contributed by atoms with E-state index in [1.165, 1.54) is 0 Å². The fraction of sp³-hybridized carbons (Fsp3) is 0.222. The Bertz CT molecular complexity index is 460. The molecule has 1 aromatic rings. The maximum atomic E-state index is 12.3. The molecule has 0 unspecified atom stereocenters. The van der Waals surface area contributed by atoms with Crippen LogP contribution in [0, 0.1) is 22.7 Å². The van der Waals surface area contributed by atoms with Gasteiger partial charge in [-0.1, -0.05) is 11.6 Å². The second-order valence-electron chi connectivity index (χ2n) is 2.62. The van der Waals surface area contributed by atoms with E-state index in [4.69, 9.17) is 22.1 Å². The first-order valence-electron chi connectivity index (χ1n) is 3.84. The molecule has 0 radical (unpaired) electrons. The number of rotatable bonds is 2. The number of aromatic nitrogens is 1. The van der Waals surface area contributed by atoms with Gasteiger partial charge in [-0.05, 0) is 11.6 Å². The number of hydrogen-bond acceptors (Lipinski definition) is 3. The standard InChI is InChI=1S/C9H4ClF2N3/c10-8-5(1-2-13)3-6(9(11)12)15-7(8)4-14/h3,9H,1H2. The van der Waals surface area contributed by atoms with Crippen molar-refractivity contribution >= 4 is 11.6 Å². The molecule has 0 aliphatic carbocycles. The Hall–Kier alpha value is -1.72. The third kappa shape index (κ3) is 2.39. The van der Waals surface area contributed by atoms with Gasteiger partial charge in [-0.2, -0.15) is 10.5 Å². The molecule has 0 spiro atoms. The van der Waals surface area contributed by atoms with E-state index in [2.05, 4.69) is 4.98 Å². The Morgan fingerprint density at radius 1 is 1.47 bits per heavy atom. The molecule has 3 nitrogen and oxygen atoms in total. The van der Waals surface area contributed by atoms with Gasteiger partial charge in [0.05, 0.1) is 17.5 Å². The molecule has 1 aromatic heterocycles. The van der Waals surface area contributed by atoms with Crippen molar-refractivity contribution in [3.8, 4) is 12.1 Å². The second kappa shape index (κ2) is 4.68. The molecule has 0 aliphatic heterocycles. The van der Waals surface area contributed by atoms with Gasteiger partial charge in [-0.15, -0.1) is 0 Å². The van der Waals surface area contributed by atoms with Gasteiger partial charge in [-0.3, -0.25) is 0 Å². The van der Waals surface area contributed by atoms with Crippen molar-refractivity contribution in [3.05, 3.63) is 28.0 Å². The summed E-state index contributed by atoms with van der Waals surface area (Å²) >= 11 is 5.68. The topological polar surface area (TPSA) is 60.5 Å². The zero-order valence-electron chi connectivity index (χ0n) is 7.34. The summed E-state index contributed by atoms with van der Waals surface area (Å²) in [6.45, 7) is 0. The van der Waals surface area contributed by atoms with Crippen molar-refractivity contribution in [1.29, 1.82) is 10.5 Å². The minimum atomic E-state index is -2.79. The monoisotopic (exact) mass is 227 g/mol. The molecule has 0 amide bonds. The number of pyridine rings is 1. The van der Waals surface area contributed by atoms with Crippen molar-refractivity contribution in [2.45, 2.75) is 12.8 Å². The molecule has 6 heteroatoms. The Morgan fingerprint density at radius 2 is 2.13 bits per heavy atom. The van der Waals surface area contributed by atoms with E-state index in [1.54, 1.807) is 12.1 Å². The summed E-state index contributed by atoms with van der Waals surface area (Å²) in [5.74, 6) is 0. The molecule has 0 fully saturated rings. The molecular weight excluding hydrogens is 224 g/mol. The molecule has 15 heavy (non-hydrogen) atoms. The van der Waals surface area contributed by atoms with E-state index in [9.17, 15) is 8.78 Å². The highest BCUT2D eigenvalue weighted by Gasteiger charge is 2.15. The van der Waals surface area contributed by atoms with Crippen LogP contribution >= 0.6 is 11.6 Å². The van der Waals surface area contributed by atoms with Crippen LogP contribution in [-0.4, -0.2) is 4.98 Å². The van der Waals surface area contributed by atoms with Gasteiger partial charge in [0.15, 0.2) is 5.69 Å². The van der Waals surface area contributed by atoms with Crippen LogP contribution in [0.4, 0.5) is 8.78 Å². The first-order chi connectivity index (χ1) is 7.10. The first kappa shape index (κ1) is 11.4. The maximum absolute atomic E-state index is 12.3.